The number of unbranched alkanes of at least 4 members (excludes halogenated alkanes) is 2. The van der Waals surface area contributed by atoms with Crippen molar-refractivity contribution in [2.24, 2.45) is 0 Å². The van der Waals surface area contributed by atoms with Crippen molar-refractivity contribution in [1.82, 2.24) is 14.9 Å². The predicted molar refractivity (Wildman–Crippen MR) is 132 cm³/mol. The molecule has 188 valence electrons. The third-order valence-electron chi connectivity index (χ3n) is 5.50. The number of halogens is 3. The molecule has 0 fully saturated rings. The van der Waals surface area contributed by atoms with E-state index in [-0.39, 0.29) is 11.6 Å². The maximum atomic E-state index is 13.3. The first-order valence-electron chi connectivity index (χ1n) is 11.4. The van der Waals surface area contributed by atoms with Gasteiger partial charge in [-0.1, -0.05) is 36.4 Å². The third kappa shape index (κ3) is 6.37. The van der Waals surface area contributed by atoms with E-state index in [1.165, 1.54) is 28.5 Å². The summed E-state index contributed by atoms with van der Waals surface area (Å²) in [6.45, 7) is 0.350. The fourth-order valence-electron chi connectivity index (χ4n) is 3.67. The first-order valence-corrected chi connectivity index (χ1v) is 12.4. The lowest BCUT2D eigenvalue weighted by molar-refractivity contribution is -0.137. The quantitative estimate of drug-likeness (QED) is 0.160. The van der Waals surface area contributed by atoms with Gasteiger partial charge in [0.25, 0.3) is 5.56 Å². The fourth-order valence-corrected chi connectivity index (χ4v) is 4.68. The van der Waals surface area contributed by atoms with Crippen molar-refractivity contribution in [2.75, 3.05) is 5.75 Å². The molecule has 0 saturated heterocycles. The molecular formula is C26H24F3N3O3S. The van der Waals surface area contributed by atoms with Crippen LogP contribution in [-0.4, -0.2) is 21.2 Å². The standard InChI is InChI=1S/C26H24F3N3O3S/c27-26(28,29)18-8-6-9-19(16-18)32-24(34)21-11-3-4-12-22(21)31-25(32)36-15-5-1-2-13-23(33)30-17-20-10-7-14-35-20/h3-4,6-12,14,16H,1-2,5,13,15,17H2,(H,30,33). The van der Waals surface area contributed by atoms with E-state index < -0.39 is 17.3 Å². The Morgan fingerprint density at radius 3 is 2.64 bits per heavy atom. The normalized spacial score (nSPS) is 11.6. The van der Waals surface area contributed by atoms with Gasteiger partial charge in [0, 0.05) is 12.2 Å². The average molecular weight is 516 g/mol. The predicted octanol–water partition coefficient (Wildman–Crippen LogP) is 5.97. The van der Waals surface area contributed by atoms with Gasteiger partial charge < -0.3 is 9.73 Å². The highest BCUT2D eigenvalue weighted by Crippen LogP contribution is 2.31. The Balaban J connectivity index is 1.41. The first kappa shape index (κ1) is 25.6. The van der Waals surface area contributed by atoms with Crippen molar-refractivity contribution in [2.45, 2.75) is 43.6 Å². The van der Waals surface area contributed by atoms with Gasteiger partial charge in [-0.25, -0.2) is 4.98 Å². The van der Waals surface area contributed by atoms with E-state index in [0.717, 1.165) is 25.0 Å². The largest absolute Gasteiger partial charge is 0.467 e. The molecule has 2 aromatic heterocycles. The SMILES string of the molecule is O=C(CCCCCSc1nc2ccccc2c(=O)n1-c1cccc(C(F)(F)F)c1)NCc1ccco1. The summed E-state index contributed by atoms with van der Waals surface area (Å²) in [5, 5.41) is 3.46. The minimum absolute atomic E-state index is 0.0615. The Kier molecular flexibility index (Phi) is 8.14. The van der Waals surface area contributed by atoms with E-state index in [4.69, 9.17) is 4.42 Å². The number of rotatable bonds is 10. The molecule has 0 aliphatic heterocycles. The molecule has 4 rings (SSSR count). The molecule has 36 heavy (non-hydrogen) atoms. The van der Waals surface area contributed by atoms with E-state index >= 15 is 0 Å². The number of thioether (sulfide) groups is 1. The summed E-state index contributed by atoms with van der Waals surface area (Å²) >= 11 is 1.31. The number of fused-ring (bicyclic) bond motifs is 1. The van der Waals surface area contributed by atoms with Crippen molar-refractivity contribution >= 4 is 28.6 Å². The van der Waals surface area contributed by atoms with Crippen LogP contribution in [0.5, 0.6) is 0 Å². The van der Waals surface area contributed by atoms with Crippen molar-refractivity contribution < 1.29 is 22.4 Å². The van der Waals surface area contributed by atoms with Crippen molar-refractivity contribution in [3.05, 3.63) is 88.6 Å². The minimum atomic E-state index is -4.53. The summed E-state index contributed by atoms with van der Waals surface area (Å²) in [6.07, 6.45) is -0.369. The van der Waals surface area contributed by atoms with Crippen molar-refractivity contribution in [3.8, 4) is 5.69 Å². The highest BCUT2D eigenvalue weighted by Gasteiger charge is 2.31. The number of carbonyl (C=O) groups is 1. The van der Waals surface area contributed by atoms with Crippen LogP contribution in [0.3, 0.4) is 0 Å². The lowest BCUT2D eigenvalue weighted by Gasteiger charge is -2.15. The number of nitrogens with one attached hydrogen (secondary N) is 1. The monoisotopic (exact) mass is 515 g/mol. The summed E-state index contributed by atoms with van der Waals surface area (Å²) < 4.78 is 46.3. The van der Waals surface area contributed by atoms with Gasteiger partial charge in [0.15, 0.2) is 5.16 Å². The molecule has 1 N–H and O–H groups in total. The molecule has 6 nitrogen and oxygen atoms in total. The zero-order valence-corrected chi connectivity index (χ0v) is 20.1. The van der Waals surface area contributed by atoms with Crippen molar-refractivity contribution in [1.29, 1.82) is 0 Å². The third-order valence-corrected chi connectivity index (χ3v) is 6.52. The molecule has 0 spiro atoms. The highest BCUT2D eigenvalue weighted by molar-refractivity contribution is 7.99. The number of alkyl halides is 3. The molecule has 0 aliphatic carbocycles. The smallest absolute Gasteiger partial charge is 0.416 e. The molecule has 0 radical (unpaired) electrons. The van der Waals surface area contributed by atoms with Gasteiger partial charge in [-0.3, -0.25) is 14.2 Å². The zero-order chi connectivity index (χ0) is 25.5. The molecule has 10 heteroatoms. The summed E-state index contributed by atoms with van der Waals surface area (Å²) in [5.74, 6) is 1.22. The maximum absolute atomic E-state index is 13.3. The Labute approximate surface area is 209 Å². The molecule has 0 atom stereocenters. The summed E-state index contributed by atoms with van der Waals surface area (Å²) in [6, 6.07) is 15.0. The second-order valence-electron chi connectivity index (χ2n) is 8.12. The van der Waals surface area contributed by atoms with E-state index in [9.17, 15) is 22.8 Å². The van der Waals surface area contributed by atoms with Gasteiger partial charge in [0.2, 0.25) is 5.91 Å². The molecule has 0 aliphatic rings. The molecule has 2 heterocycles. The van der Waals surface area contributed by atoms with Crippen LogP contribution in [0, 0.1) is 0 Å². The highest BCUT2D eigenvalue weighted by atomic mass is 32.2. The van der Waals surface area contributed by atoms with Crippen LogP contribution in [0.2, 0.25) is 0 Å². The number of para-hydroxylation sites is 1. The van der Waals surface area contributed by atoms with Gasteiger partial charge in [-0.15, -0.1) is 0 Å². The molecule has 0 saturated carbocycles. The van der Waals surface area contributed by atoms with E-state index in [2.05, 4.69) is 10.3 Å². The van der Waals surface area contributed by atoms with Gasteiger partial charge in [-0.2, -0.15) is 13.2 Å². The summed E-state index contributed by atoms with van der Waals surface area (Å²) in [5.41, 5.74) is -0.651. The van der Waals surface area contributed by atoms with Gasteiger partial charge in [0.05, 0.1) is 35.0 Å². The molecule has 4 aromatic rings. The van der Waals surface area contributed by atoms with Gasteiger partial charge in [-0.05, 0) is 55.3 Å². The first-order chi connectivity index (χ1) is 17.3. The number of hydrogen-bond donors (Lipinski definition) is 1. The number of hydrogen-bond acceptors (Lipinski definition) is 5. The number of nitrogens with zero attached hydrogens (tertiary/aromatic N) is 2. The van der Waals surface area contributed by atoms with Gasteiger partial charge >= 0.3 is 6.18 Å². The van der Waals surface area contributed by atoms with Crippen LogP contribution in [-0.2, 0) is 17.5 Å². The molecule has 1 amide bonds. The molecular weight excluding hydrogens is 491 g/mol. The van der Waals surface area contributed by atoms with E-state index in [1.54, 1.807) is 42.7 Å². The number of aromatic nitrogens is 2. The van der Waals surface area contributed by atoms with Crippen LogP contribution >= 0.6 is 11.8 Å². The molecule has 2 aromatic carbocycles. The van der Waals surface area contributed by atoms with Crippen LogP contribution in [0.25, 0.3) is 16.6 Å². The van der Waals surface area contributed by atoms with Crippen LogP contribution < -0.4 is 10.9 Å². The average Bonchev–Trinajstić information content (AvgIpc) is 3.38. The number of benzene rings is 2. The van der Waals surface area contributed by atoms with Crippen LogP contribution in [0.1, 0.15) is 37.0 Å². The minimum Gasteiger partial charge on any atom is -0.467 e. The molecule has 0 bridgehead atoms. The summed E-state index contributed by atoms with van der Waals surface area (Å²) in [7, 11) is 0. The summed E-state index contributed by atoms with van der Waals surface area (Å²) in [4.78, 5) is 29.8. The second kappa shape index (κ2) is 11.5. The van der Waals surface area contributed by atoms with Gasteiger partial charge in [0.1, 0.15) is 5.76 Å². The van der Waals surface area contributed by atoms with Crippen LogP contribution in [0.4, 0.5) is 13.2 Å². The topological polar surface area (TPSA) is 77.1 Å². The number of carbonyl (C=O) groups excluding carboxylic acids is 1. The van der Waals surface area contributed by atoms with E-state index in [0.29, 0.717) is 47.0 Å². The Morgan fingerprint density at radius 1 is 1.03 bits per heavy atom. The van der Waals surface area contributed by atoms with Crippen LogP contribution in [0.15, 0.2) is 81.3 Å². The second-order valence-corrected chi connectivity index (χ2v) is 9.18. The Morgan fingerprint density at radius 2 is 1.86 bits per heavy atom. The lowest BCUT2D eigenvalue weighted by atomic mass is 10.2. The Bertz CT molecular complexity index is 1380. The van der Waals surface area contributed by atoms with Crippen molar-refractivity contribution in [3.63, 3.8) is 0 Å². The molecule has 0 unspecified atom stereocenters. The fraction of sp³-hybridized carbons (Fsp3) is 0.269. The maximum Gasteiger partial charge on any atom is 0.416 e. The van der Waals surface area contributed by atoms with E-state index in [1.807, 2.05) is 0 Å². The lowest BCUT2D eigenvalue weighted by Crippen LogP contribution is -2.22. The number of amides is 1. The Hall–Kier alpha value is -3.53. The number of furan rings is 1. The zero-order valence-electron chi connectivity index (χ0n) is 19.3.